The molecule has 0 fully saturated rings. The summed E-state index contributed by atoms with van der Waals surface area (Å²) in [6.07, 6.45) is 7.42. The highest BCUT2D eigenvalue weighted by Crippen LogP contribution is 2.18. The topological polar surface area (TPSA) is 89.0 Å². The van der Waals surface area contributed by atoms with Crippen LogP contribution in [-0.2, 0) is 13.0 Å². The van der Waals surface area contributed by atoms with Crippen LogP contribution in [0.15, 0.2) is 72.0 Å². The Labute approximate surface area is 186 Å². The van der Waals surface area contributed by atoms with E-state index in [1.165, 1.54) is 0 Å². The number of amides is 1. The minimum atomic E-state index is -0.393. The molecule has 2 N–H and O–H groups in total. The van der Waals surface area contributed by atoms with Gasteiger partial charge >= 0.3 is 0 Å². The fraction of sp³-hybridized carbons (Fsp3) is 0.240. The number of fused-ring (bicyclic) bond motifs is 1. The molecule has 1 aromatic carbocycles. The number of carbonyl (C=O) groups is 1. The number of para-hydroxylation sites is 1. The fourth-order valence-electron chi connectivity index (χ4n) is 3.71. The molecule has 0 radical (unpaired) electrons. The lowest BCUT2D eigenvalue weighted by Gasteiger charge is -2.16. The third-order valence-corrected chi connectivity index (χ3v) is 5.42. The van der Waals surface area contributed by atoms with Gasteiger partial charge in [0.05, 0.1) is 12.7 Å². The lowest BCUT2D eigenvalue weighted by molar-refractivity contribution is 0.0929. The van der Waals surface area contributed by atoms with E-state index < -0.39 is 5.91 Å². The number of aromatic nitrogens is 3. The molecule has 4 rings (SSSR count). The molecular formula is C25H26N4O3. The number of nitrogens with zero attached hydrogens (tertiary/aromatic N) is 2. The summed E-state index contributed by atoms with van der Waals surface area (Å²) >= 11 is 0. The molecule has 3 heterocycles. The van der Waals surface area contributed by atoms with Crippen LogP contribution in [0.1, 0.15) is 28.4 Å². The zero-order valence-electron chi connectivity index (χ0n) is 18.2. The van der Waals surface area contributed by atoms with Gasteiger partial charge in [0, 0.05) is 36.0 Å². The molecule has 32 heavy (non-hydrogen) atoms. The van der Waals surface area contributed by atoms with Gasteiger partial charge in [0.2, 0.25) is 0 Å². The minimum Gasteiger partial charge on any atom is -0.487 e. The van der Waals surface area contributed by atoms with Gasteiger partial charge in [0.1, 0.15) is 17.4 Å². The highest BCUT2D eigenvalue weighted by molar-refractivity contribution is 5.95. The zero-order chi connectivity index (χ0) is 22.5. The Morgan fingerprint density at radius 2 is 2.06 bits per heavy atom. The van der Waals surface area contributed by atoms with Gasteiger partial charge in [-0.2, -0.15) is 0 Å². The van der Waals surface area contributed by atoms with E-state index in [1.807, 2.05) is 31.3 Å². The number of benzene rings is 1. The summed E-state index contributed by atoms with van der Waals surface area (Å²) in [6, 6.07) is 13.5. The van der Waals surface area contributed by atoms with Crippen molar-refractivity contribution in [3.05, 3.63) is 94.3 Å². The molecule has 4 aromatic rings. The first-order chi connectivity index (χ1) is 15.5. The van der Waals surface area contributed by atoms with Crippen LogP contribution in [0.5, 0.6) is 5.75 Å². The Morgan fingerprint density at radius 3 is 2.88 bits per heavy atom. The van der Waals surface area contributed by atoms with Gasteiger partial charge in [0.25, 0.3) is 11.5 Å². The first-order valence-electron chi connectivity index (χ1n) is 10.6. The number of rotatable bonds is 8. The van der Waals surface area contributed by atoms with E-state index in [2.05, 4.69) is 21.4 Å². The zero-order valence-corrected chi connectivity index (χ0v) is 18.2. The summed E-state index contributed by atoms with van der Waals surface area (Å²) in [5.41, 5.74) is 2.74. The summed E-state index contributed by atoms with van der Waals surface area (Å²) in [6.45, 7) is 4.39. The van der Waals surface area contributed by atoms with Gasteiger partial charge in [-0.05, 0) is 55.7 Å². The predicted octanol–water partition coefficient (Wildman–Crippen LogP) is 3.47. The maximum Gasteiger partial charge on any atom is 0.263 e. The van der Waals surface area contributed by atoms with E-state index in [4.69, 9.17) is 4.74 Å². The van der Waals surface area contributed by atoms with Gasteiger partial charge < -0.3 is 19.6 Å². The number of nitrogens with one attached hydrogen (secondary N) is 2. The second kappa shape index (κ2) is 9.51. The Morgan fingerprint density at radius 1 is 1.22 bits per heavy atom. The van der Waals surface area contributed by atoms with Gasteiger partial charge in [-0.25, -0.2) is 0 Å². The van der Waals surface area contributed by atoms with E-state index in [0.717, 1.165) is 16.5 Å². The molecule has 0 aliphatic heterocycles. The number of hydrogen-bond donors (Lipinski definition) is 2. The summed E-state index contributed by atoms with van der Waals surface area (Å²) in [7, 11) is 0. The minimum absolute atomic E-state index is 0.167. The smallest absolute Gasteiger partial charge is 0.263 e. The molecular weight excluding hydrogens is 404 g/mol. The summed E-state index contributed by atoms with van der Waals surface area (Å²) < 4.78 is 7.33. The largest absolute Gasteiger partial charge is 0.487 e. The van der Waals surface area contributed by atoms with Crippen molar-refractivity contribution in [1.82, 2.24) is 19.9 Å². The maximum absolute atomic E-state index is 13.0. The highest BCUT2D eigenvalue weighted by Gasteiger charge is 2.17. The molecule has 1 amide bonds. The van der Waals surface area contributed by atoms with E-state index in [9.17, 15) is 9.59 Å². The van der Waals surface area contributed by atoms with Gasteiger partial charge in [-0.3, -0.25) is 14.6 Å². The van der Waals surface area contributed by atoms with Crippen molar-refractivity contribution < 1.29 is 9.53 Å². The van der Waals surface area contributed by atoms with E-state index >= 15 is 0 Å². The van der Waals surface area contributed by atoms with Crippen molar-refractivity contribution in [2.45, 2.75) is 32.9 Å². The Bertz CT molecular complexity index is 1280. The Kier molecular flexibility index (Phi) is 6.35. The van der Waals surface area contributed by atoms with Crippen LogP contribution in [0.4, 0.5) is 0 Å². The third-order valence-electron chi connectivity index (χ3n) is 5.42. The van der Waals surface area contributed by atoms with Crippen molar-refractivity contribution in [3.8, 4) is 5.75 Å². The lowest BCUT2D eigenvalue weighted by atomic mass is 10.1. The fourth-order valence-corrected chi connectivity index (χ4v) is 3.71. The summed E-state index contributed by atoms with van der Waals surface area (Å²) in [5.74, 6) is 0.236. The molecule has 7 heteroatoms. The van der Waals surface area contributed by atoms with Crippen molar-refractivity contribution in [3.63, 3.8) is 0 Å². The third kappa shape index (κ3) is 4.72. The molecule has 0 saturated heterocycles. The van der Waals surface area contributed by atoms with Gasteiger partial charge in [-0.1, -0.05) is 18.2 Å². The molecule has 1 unspecified atom stereocenters. The molecule has 3 aromatic heterocycles. The maximum atomic E-state index is 13.0. The van der Waals surface area contributed by atoms with Crippen LogP contribution in [-0.4, -0.2) is 33.1 Å². The SMILES string of the molecule is Cc1ccn(CCc2c[nH]c3ccccc23)c(=O)c1C(=O)NCC(C)Oc1cccnc1. The van der Waals surface area contributed by atoms with E-state index in [-0.39, 0.29) is 23.8 Å². The van der Waals surface area contributed by atoms with Crippen molar-refractivity contribution in [1.29, 1.82) is 0 Å². The van der Waals surface area contributed by atoms with Gasteiger partial charge in [0.15, 0.2) is 0 Å². The van der Waals surface area contributed by atoms with Crippen molar-refractivity contribution in [2.24, 2.45) is 0 Å². The number of hydrogen-bond acceptors (Lipinski definition) is 4. The first-order valence-corrected chi connectivity index (χ1v) is 10.6. The second-order valence-electron chi connectivity index (χ2n) is 7.81. The number of carbonyl (C=O) groups excluding carboxylic acids is 1. The van der Waals surface area contributed by atoms with Crippen LogP contribution in [0.25, 0.3) is 10.9 Å². The lowest BCUT2D eigenvalue weighted by Crippen LogP contribution is -2.38. The van der Waals surface area contributed by atoms with Crippen LogP contribution < -0.4 is 15.6 Å². The number of ether oxygens (including phenoxy) is 1. The highest BCUT2D eigenvalue weighted by atomic mass is 16.5. The van der Waals surface area contributed by atoms with Crippen LogP contribution in [0.2, 0.25) is 0 Å². The molecule has 0 aliphatic rings. The second-order valence-corrected chi connectivity index (χ2v) is 7.81. The molecule has 164 valence electrons. The van der Waals surface area contributed by atoms with E-state index in [0.29, 0.717) is 24.3 Å². The quantitative estimate of drug-likeness (QED) is 0.448. The molecule has 0 saturated carbocycles. The number of aryl methyl sites for hydroxylation is 3. The molecule has 0 bridgehead atoms. The number of aromatic amines is 1. The standard InChI is InChI=1S/C25H26N4O3/c1-17-9-12-29(13-10-19-15-27-22-8-4-3-7-21(19)22)25(31)23(17)24(30)28-14-18(2)32-20-6-5-11-26-16-20/h3-9,11-12,15-16,18,27H,10,13-14H2,1-2H3,(H,28,30). The average Bonchev–Trinajstić information content (AvgIpc) is 3.21. The Balaban J connectivity index is 1.43. The van der Waals surface area contributed by atoms with Crippen LogP contribution >= 0.6 is 0 Å². The van der Waals surface area contributed by atoms with Gasteiger partial charge in [-0.15, -0.1) is 0 Å². The van der Waals surface area contributed by atoms with Crippen molar-refractivity contribution in [2.75, 3.05) is 6.54 Å². The number of pyridine rings is 2. The molecule has 1 atom stereocenters. The predicted molar refractivity (Wildman–Crippen MR) is 124 cm³/mol. The molecule has 0 aliphatic carbocycles. The molecule has 7 nitrogen and oxygen atoms in total. The molecule has 0 spiro atoms. The summed E-state index contributed by atoms with van der Waals surface area (Å²) in [4.78, 5) is 33.1. The average molecular weight is 431 g/mol. The monoisotopic (exact) mass is 430 g/mol. The number of H-pyrrole nitrogens is 1. The first kappa shape index (κ1) is 21.4. The van der Waals surface area contributed by atoms with Crippen LogP contribution in [0.3, 0.4) is 0 Å². The summed E-state index contributed by atoms with van der Waals surface area (Å²) in [5, 5.41) is 3.97. The van der Waals surface area contributed by atoms with Crippen LogP contribution in [0, 0.1) is 6.92 Å². The van der Waals surface area contributed by atoms with Crippen molar-refractivity contribution >= 4 is 16.8 Å². The Hall–Kier alpha value is -3.87. The normalized spacial score (nSPS) is 11.9. The van der Waals surface area contributed by atoms with E-state index in [1.54, 1.807) is 48.3 Å².